The molecule has 0 bridgehead atoms. The predicted molar refractivity (Wildman–Crippen MR) is 115 cm³/mol. The van der Waals surface area contributed by atoms with Gasteiger partial charge in [-0.3, -0.25) is 0 Å². The average molecular weight is 399 g/mol. The van der Waals surface area contributed by atoms with Gasteiger partial charge in [0.25, 0.3) is 0 Å². The van der Waals surface area contributed by atoms with Crippen molar-refractivity contribution in [1.82, 2.24) is 5.32 Å². The Morgan fingerprint density at radius 3 is 2.71 bits per heavy atom. The van der Waals surface area contributed by atoms with E-state index in [0.29, 0.717) is 10.7 Å². The minimum Gasteiger partial charge on any atom is -0.487 e. The van der Waals surface area contributed by atoms with E-state index in [4.69, 9.17) is 21.7 Å². The van der Waals surface area contributed by atoms with Crippen LogP contribution in [0.3, 0.4) is 0 Å². The molecule has 5 nitrogen and oxygen atoms in total. The molecule has 0 radical (unpaired) electrons. The summed E-state index contributed by atoms with van der Waals surface area (Å²) in [6, 6.07) is 11.7. The third-order valence-corrected chi connectivity index (χ3v) is 5.14. The molecule has 0 aliphatic carbocycles. The lowest BCUT2D eigenvalue weighted by molar-refractivity contribution is 0.0599. The first kappa shape index (κ1) is 20.1. The highest BCUT2D eigenvalue weighted by atomic mass is 32.1. The van der Waals surface area contributed by atoms with Crippen LogP contribution in [0.2, 0.25) is 0 Å². The summed E-state index contributed by atoms with van der Waals surface area (Å²) in [4.78, 5) is 11.9. The molecule has 148 valence electrons. The van der Waals surface area contributed by atoms with E-state index in [1.54, 1.807) is 12.1 Å². The zero-order valence-corrected chi connectivity index (χ0v) is 17.7. The highest BCUT2D eigenvalue weighted by Crippen LogP contribution is 2.39. The molecule has 0 saturated carbocycles. The number of anilines is 1. The lowest BCUT2D eigenvalue weighted by Crippen LogP contribution is -2.42. The van der Waals surface area contributed by atoms with Gasteiger partial charge in [0.15, 0.2) is 5.11 Å². The number of aryl methyl sites for hydroxylation is 1. The number of esters is 1. The van der Waals surface area contributed by atoms with Crippen LogP contribution in [-0.2, 0) is 4.74 Å². The van der Waals surface area contributed by atoms with Gasteiger partial charge in [-0.1, -0.05) is 23.8 Å². The molecule has 2 aromatic carbocycles. The van der Waals surface area contributed by atoms with Gasteiger partial charge in [-0.2, -0.15) is 0 Å². The highest BCUT2D eigenvalue weighted by Gasteiger charge is 2.34. The van der Waals surface area contributed by atoms with Crippen molar-refractivity contribution in [2.24, 2.45) is 0 Å². The fraction of sp³-hybridized carbons (Fsp3) is 0.364. The maximum absolute atomic E-state index is 11.9. The van der Waals surface area contributed by atoms with Gasteiger partial charge >= 0.3 is 5.97 Å². The molecule has 0 saturated heterocycles. The molecule has 0 amide bonds. The first-order valence-electron chi connectivity index (χ1n) is 9.25. The van der Waals surface area contributed by atoms with Gasteiger partial charge in [0, 0.05) is 17.7 Å². The molecule has 1 aliphatic rings. The maximum atomic E-state index is 11.9. The van der Waals surface area contributed by atoms with Crippen LogP contribution in [0.5, 0.6) is 5.75 Å². The summed E-state index contributed by atoms with van der Waals surface area (Å²) in [5.74, 6) is 0.515. The summed E-state index contributed by atoms with van der Waals surface area (Å²) in [7, 11) is 1.38. The molecule has 2 aromatic rings. The first-order chi connectivity index (χ1) is 13.2. The zero-order chi connectivity index (χ0) is 20.5. The van der Waals surface area contributed by atoms with Crippen molar-refractivity contribution in [2.45, 2.75) is 45.8 Å². The van der Waals surface area contributed by atoms with Gasteiger partial charge in [0.2, 0.25) is 0 Å². The highest BCUT2D eigenvalue weighted by molar-refractivity contribution is 7.80. The van der Waals surface area contributed by atoms with Gasteiger partial charge in [-0.25, -0.2) is 4.79 Å². The number of thiocarbonyl (C=S) groups is 1. The average Bonchev–Trinajstić information content (AvgIpc) is 2.62. The van der Waals surface area contributed by atoms with Crippen molar-refractivity contribution in [1.29, 1.82) is 0 Å². The lowest BCUT2D eigenvalue weighted by atomic mass is 9.89. The molecule has 3 rings (SSSR count). The molecule has 1 aliphatic heterocycles. The Morgan fingerprint density at radius 2 is 2.00 bits per heavy atom. The summed E-state index contributed by atoms with van der Waals surface area (Å²) >= 11 is 5.57. The monoisotopic (exact) mass is 398 g/mol. The van der Waals surface area contributed by atoms with Crippen molar-refractivity contribution in [2.75, 3.05) is 12.4 Å². The second-order valence-corrected chi connectivity index (χ2v) is 8.14. The second-order valence-electron chi connectivity index (χ2n) is 7.73. The van der Waals surface area contributed by atoms with E-state index in [2.05, 4.69) is 43.5 Å². The van der Waals surface area contributed by atoms with Crippen LogP contribution in [0.1, 0.15) is 53.4 Å². The van der Waals surface area contributed by atoms with E-state index in [0.717, 1.165) is 29.0 Å². The Balaban J connectivity index is 1.81. The van der Waals surface area contributed by atoms with Crippen LogP contribution in [0.25, 0.3) is 0 Å². The molecule has 2 N–H and O–H groups in total. The van der Waals surface area contributed by atoms with Crippen molar-refractivity contribution >= 4 is 29.0 Å². The quantitative estimate of drug-likeness (QED) is 0.578. The van der Waals surface area contributed by atoms with Crippen LogP contribution in [0.15, 0.2) is 36.4 Å². The van der Waals surface area contributed by atoms with E-state index in [-0.39, 0.29) is 17.6 Å². The van der Waals surface area contributed by atoms with Gasteiger partial charge in [-0.05, 0) is 63.7 Å². The third-order valence-electron chi connectivity index (χ3n) is 4.92. The third kappa shape index (κ3) is 4.28. The van der Waals surface area contributed by atoms with E-state index >= 15 is 0 Å². The van der Waals surface area contributed by atoms with E-state index in [9.17, 15) is 4.79 Å². The maximum Gasteiger partial charge on any atom is 0.338 e. The van der Waals surface area contributed by atoms with Gasteiger partial charge < -0.3 is 20.1 Å². The minimum atomic E-state index is -0.365. The zero-order valence-electron chi connectivity index (χ0n) is 16.9. The van der Waals surface area contributed by atoms with E-state index < -0.39 is 0 Å². The van der Waals surface area contributed by atoms with Crippen molar-refractivity contribution in [3.8, 4) is 5.75 Å². The van der Waals surface area contributed by atoms with Crippen LogP contribution in [-0.4, -0.2) is 23.8 Å². The molecule has 1 heterocycles. The van der Waals surface area contributed by atoms with Gasteiger partial charge in [-0.15, -0.1) is 0 Å². The largest absolute Gasteiger partial charge is 0.487 e. The number of carbonyl (C=O) groups is 1. The Hall–Kier alpha value is -2.60. The molecule has 28 heavy (non-hydrogen) atoms. The van der Waals surface area contributed by atoms with Gasteiger partial charge in [0.1, 0.15) is 11.4 Å². The Kier molecular flexibility index (Phi) is 5.61. The topological polar surface area (TPSA) is 59.6 Å². The summed E-state index contributed by atoms with van der Waals surface area (Å²) in [5, 5.41) is 7.14. The molecule has 0 spiro atoms. The molecule has 6 heteroatoms. The number of hydrogen-bond acceptors (Lipinski definition) is 4. The van der Waals surface area contributed by atoms with E-state index in [1.807, 2.05) is 19.1 Å². The molecule has 0 fully saturated rings. The molecule has 1 unspecified atom stereocenters. The fourth-order valence-corrected chi connectivity index (χ4v) is 3.77. The standard InChI is InChI=1S/C22H26N2O3S/c1-13-9-10-19-16(11-13)18(12-22(3,4)27-19)24-21(28)23-17-8-6-7-15(14(17)2)20(25)26-5/h6-11,18H,12H2,1-5H3,(H2,23,24,28). The normalized spacial score (nSPS) is 17.1. The molecule has 1 atom stereocenters. The van der Waals surface area contributed by atoms with E-state index in [1.165, 1.54) is 12.7 Å². The number of hydrogen-bond donors (Lipinski definition) is 2. The molecule has 0 aromatic heterocycles. The molecular weight excluding hydrogens is 372 g/mol. The number of fused-ring (bicyclic) bond motifs is 1. The minimum absolute atomic E-state index is 0.0303. The van der Waals surface area contributed by atoms with Crippen LogP contribution < -0.4 is 15.4 Å². The number of nitrogens with one attached hydrogen (secondary N) is 2. The number of rotatable bonds is 3. The fourth-order valence-electron chi connectivity index (χ4n) is 3.52. The number of methoxy groups -OCH3 is 1. The second kappa shape index (κ2) is 7.80. The van der Waals surface area contributed by atoms with Crippen molar-refractivity contribution < 1.29 is 14.3 Å². The number of ether oxygens (including phenoxy) is 2. The Bertz CT molecular complexity index is 924. The summed E-state index contributed by atoms with van der Waals surface area (Å²) in [6.07, 6.45) is 0.784. The van der Waals surface area contributed by atoms with Crippen LogP contribution in [0.4, 0.5) is 5.69 Å². The van der Waals surface area contributed by atoms with Crippen molar-refractivity contribution in [3.05, 3.63) is 58.7 Å². The van der Waals surface area contributed by atoms with Gasteiger partial charge in [0.05, 0.1) is 18.7 Å². The summed E-state index contributed by atoms with van der Waals surface area (Å²) in [5.41, 5.74) is 4.07. The smallest absolute Gasteiger partial charge is 0.338 e. The first-order valence-corrected chi connectivity index (χ1v) is 9.66. The van der Waals surface area contributed by atoms with Crippen molar-refractivity contribution in [3.63, 3.8) is 0 Å². The Morgan fingerprint density at radius 1 is 1.25 bits per heavy atom. The van der Waals surface area contributed by atoms with Crippen LogP contribution in [0, 0.1) is 13.8 Å². The van der Waals surface area contributed by atoms with Crippen LogP contribution >= 0.6 is 12.2 Å². The number of carbonyl (C=O) groups excluding carboxylic acids is 1. The Labute approximate surface area is 171 Å². The summed E-state index contributed by atoms with van der Waals surface area (Å²) < 4.78 is 11.0. The summed E-state index contributed by atoms with van der Waals surface area (Å²) in [6.45, 7) is 8.08. The predicted octanol–water partition coefficient (Wildman–Crippen LogP) is 4.68. The number of benzene rings is 2. The SMILES string of the molecule is COC(=O)c1cccc(NC(=S)NC2CC(C)(C)Oc3ccc(C)cc32)c1C. The lowest BCUT2D eigenvalue weighted by Gasteiger charge is -2.38. The molecular formula is C22H26N2O3S.